The molecule has 0 radical (unpaired) electrons. The molecule has 0 spiro atoms. The number of hydrogen-bond donors (Lipinski definition) is 2. The third-order valence-electron chi connectivity index (χ3n) is 5.97. The van der Waals surface area contributed by atoms with Crippen molar-refractivity contribution in [2.45, 2.75) is 43.8 Å². The number of anilines is 1. The highest BCUT2D eigenvalue weighted by Gasteiger charge is 2.62. The summed E-state index contributed by atoms with van der Waals surface area (Å²) in [4.78, 5) is 0. The molecule has 0 aliphatic carbocycles. The highest BCUT2D eigenvalue weighted by atomic mass is 31.2. The van der Waals surface area contributed by atoms with Gasteiger partial charge < -0.3 is 15.4 Å². The molecule has 0 bridgehead atoms. The summed E-state index contributed by atoms with van der Waals surface area (Å²) in [5.74, 6) is 0. The maximum Gasteiger partial charge on any atom is 0.416 e. The molecule has 186 valence electrons. The van der Waals surface area contributed by atoms with Crippen molar-refractivity contribution in [2.24, 2.45) is 0 Å². The van der Waals surface area contributed by atoms with Crippen molar-refractivity contribution in [1.82, 2.24) is 9.78 Å². The lowest BCUT2D eigenvalue weighted by molar-refractivity contribution is -0.137. The molecule has 3 N–H and O–H groups in total. The SMILES string of the molecule is CCOP(C)(=O)C(F)(F)C(O)C(CC)(c1ccc(C(F)(F)F)cc1)n1ncc2c(N)cccc21. The van der Waals surface area contributed by atoms with Crippen molar-refractivity contribution in [2.75, 3.05) is 19.0 Å². The van der Waals surface area contributed by atoms with Crippen LogP contribution in [0.5, 0.6) is 0 Å². The number of nitrogens with zero attached hydrogens (tertiary/aromatic N) is 2. The van der Waals surface area contributed by atoms with Crippen LogP contribution in [0.3, 0.4) is 0 Å². The number of nitrogens with two attached hydrogens (primary N) is 1. The van der Waals surface area contributed by atoms with Crippen LogP contribution in [0.1, 0.15) is 31.4 Å². The molecule has 0 amide bonds. The number of halogens is 5. The fourth-order valence-corrected chi connectivity index (χ4v) is 5.45. The normalized spacial score (nSPS) is 17.3. The third kappa shape index (κ3) is 4.10. The van der Waals surface area contributed by atoms with Crippen molar-refractivity contribution in [1.29, 1.82) is 0 Å². The summed E-state index contributed by atoms with van der Waals surface area (Å²) in [7, 11) is -4.72. The molecule has 0 fully saturated rings. The van der Waals surface area contributed by atoms with Gasteiger partial charge in [-0.1, -0.05) is 25.1 Å². The average molecular weight is 505 g/mol. The first-order chi connectivity index (χ1) is 15.7. The molecule has 3 unspecified atom stereocenters. The topological polar surface area (TPSA) is 90.4 Å². The minimum atomic E-state index is -4.72. The highest BCUT2D eigenvalue weighted by molar-refractivity contribution is 7.59. The lowest BCUT2D eigenvalue weighted by Crippen LogP contribution is -2.54. The highest BCUT2D eigenvalue weighted by Crippen LogP contribution is 2.62. The van der Waals surface area contributed by atoms with E-state index in [1.807, 2.05) is 0 Å². The molecule has 0 aliphatic heterocycles. The van der Waals surface area contributed by atoms with E-state index in [1.54, 1.807) is 12.1 Å². The molecule has 3 aromatic rings. The second-order valence-corrected chi connectivity index (χ2v) is 10.5. The van der Waals surface area contributed by atoms with Gasteiger partial charge in [0.05, 0.1) is 23.9 Å². The third-order valence-corrected chi connectivity index (χ3v) is 8.05. The molecular weight excluding hydrogens is 480 g/mol. The van der Waals surface area contributed by atoms with E-state index in [0.717, 1.165) is 28.9 Å². The number of aliphatic hydroxyl groups excluding tert-OH is 1. The zero-order valence-electron chi connectivity index (χ0n) is 18.7. The molecule has 2 aromatic carbocycles. The zero-order valence-corrected chi connectivity index (χ0v) is 19.6. The predicted octanol–water partition coefficient (Wildman–Crippen LogP) is 5.69. The monoisotopic (exact) mass is 505 g/mol. The van der Waals surface area contributed by atoms with E-state index in [-0.39, 0.29) is 29.8 Å². The molecule has 1 heterocycles. The van der Waals surface area contributed by atoms with Gasteiger partial charge in [-0.2, -0.15) is 27.1 Å². The van der Waals surface area contributed by atoms with Crippen LogP contribution in [-0.2, 0) is 20.8 Å². The lowest BCUT2D eigenvalue weighted by atomic mass is 9.81. The summed E-state index contributed by atoms with van der Waals surface area (Å²) in [5, 5.41) is 15.8. The Morgan fingerprint density at radius 1 is 1.09 bits per heavy atom. The van der Waals surface area contributed by atoms with Crippen LogP contribution in [0.4, 0.5) is 27.6 Å². The van der Waals surface area contributed by atoms with Crippen LogP contribution in [0.15, 0.2) is 48.7 Å². The zero-order chi connectivity index (χ0) is 25.5. The van der Waals surface area contributed by atoms with E-state index >= 15 is 8.78 Å². The van der Waals surface area contributed by atoms with Crippen molar-refractivity contribution < 1.29 is 36.1 Å². The first-order valence-corrected chi connectivity index (χ1v) is 12.5. The van der Waals surface area contributed by atoms with Crippen LogP contribution in [0.25, 0.3) is 10.9 Å². The summed E-state index contributed by atoms with van der Waals surface area (Å²) in [6.07, 6.45) is -6.27. The van der Waals surface area contributed by atoms with Crippen LogP contribution < -0.4 is 5.73 Å². The number of rotatable bonds is 8. The number of hydrogen-bond acceptors (Lipinski definition) is 5. The number of nitrogen functional groups attached to an aromatic ring is 1. The molecule has 6 nitrogen and oxygen atoms in total. The largest absolute Gasteiger partial charge is 0.416 e. The van der Waals surface area contributed by atoms with Gasteiger partial charge in [0.1, 0.15) is 5.54 Å². The summed E-state index contributed by atoms with van der Waals surface area (Å²) in [6.45, 7) is 3.27. The Bertz CT molecular complexity index is 1210. The van der Waals surface area contributed by atoms with Gasteiger partial charge in [-0.15, -0.1) is 0 Å². The smallest absolute Gasteiger partial charge is 0.398 e. The Labute approximate surface area is 193 Å². The fourth-order valence-electron chi connectivity index (χ4n) is 4.12. The molecule has 0 saturated heterocycles. The summed E-state index contributed by atoms with van der Waals surface area (Å²) in [6, 6.07) is 8.14. The van der Waals surface area contributed by atoms with E-state index in [0.29, 0.717) is 12.1 Å². The van der Waals surface area contributed by atoms with E-state index < -0.39 is 36.4 Å². The van der Waals surface area contributed by atoms with Crippen molar-refractivity contribution in [3.63, 3.8) is 0 Å². The minimum absolute atomic E-state index is 0.0842. The Morgan fingerprint density at radius 2 is 1.68 bits per heavy atom. The quantitative estimate of drug-likeness (QED) is 0.233. The first kappa shape index (κ1) is 26.1. The Morgan fingerprint density at radius 3 is 2.21 bits per heavy atom. The molecule has 12 heteroatoms. The van der Waals surface area contributed by atoms with Gasteiger partial charge in [-0.3, -0.25) is 9.25 Å². The molecular formula is C22H25F5N3O3P. The van der Waals surface area contributed by atoms with E-state index in [9.17, 15) is 22.8 Å². The molecule has 3 atom stereocenters. The van der Waals surface area contributed by atoms with Crippen molar-refractivity contribution >= 4 is 24.0 Å². The second-order valence-electron chi connectivity index (χ2n) is 7.94. The maximum absolute atomic E-state index is 15.6. The predicted molar refractivity (Wildman–Crippen MR) is 119 cm³/mol. The molecule has 1 aromatic heterocycles. The average Bonchev–Trinajstić information content (AvgIpc) is 3.20. The number of aliphatic hydroxyl groups is 1. The summed E-state index contributed by atoms with van der Waals surface area (Å²) >= 11 is 0. The maximum atomic E-state index is 15.6. The minimum Gasteiger partial charge on any atom is -0.398 e. The van der Waals surface area contributed by atoms with Crippen LogP contribution in [0, 0.1) is 0 Å². The Kier molecular flexibility index (Phi) is 6.87. The van der Waals surface area contributed by atoms with Crippen LogP contribution >= 0.6 is 7.37 Å². The van der Waals surface area contributed by atoms with Gasteiger partial charge in [-0.05, 0) is 43.2 Å². The Balaban J connectivity index is 2.35. The van der Waals surface area contributed by atoms with E-state index in [4.69, 9.17) is 10.3 Å². The number of alkyl halides is 5. The molecule has 34 heavy (non-hydrogen) atoms. The lowest BCUT2D eigenvalue weighted by Gasteiger charge is -2.43. The number of aromatic nitrogens is 2. The van der Waals surface area contributed by atoms with Gasteiger partial charge in [0.15, 0.2) is 6.10 Å². The van der Waals surface area contributed by atoms with Gasteiger partial charge in [0.2, 0.25) is 0 Å². The van der Waals surface area contributed by atoms with Gasteiger partial charge >= 0.3 is 11.8 Å². The van der Waals surface area contributed by atoms with Crippen LogP contribution in [-0.4, -0.2) is 39.9 Å². The Hall–Kier alpha value is -2.49. The standard InChI is InChI=1S/C22H25F5N3O3P/c1-4-20(14-9-11-15(12-10-14)21(23,24)25,19(31)22(26,27)34(3,32)33-5-2)30-18-8-6-7-17(28)16(18)13-29-30/h6-13,19,31H,4-5,28H2,1-3H3. The van der Waals surface area contributed by atoms with Gasteiger partial charge in [0.25, 0.3) is 7.37 Å². The first-order valence-electron chi connectivity index (χ1n) is 10.4. The van der Waals surface area contributed by atoms with Gasteiger partial charge in [-0.25, -0.2) is 0 Å². The van der Waals surface area contributed by atoms with E-state index in [2.05, 4.69) is 5.10 Å². The summed E-state index contributed by atoms with van der Waals surface area (Å²) in [5.41, 5.74) is -0.943. The van der Waals surface area contributed by atoms with Crippen LogP contribution in [0.2, 0.25) is 0 Å². The fraction of sp³-hybridized carbons (Fsp3) is 0.409. The van der Waals surface area contributed by atoms with Crippen molar-refractivity contribution in [3.8, 4) is 0 Å². The molecule has 0 aliphatic rings. The van der Waals surface area contributed by atoms with E-state index in [1.165, 1.54) is 26.1 Å². The van der Waals surface area contributed by atoms with Gasteiger partial charge in [0, 0.05) is 17.7 Å². The number of fused-ring (bicyclic) bond motifs is 1. The molecule has 3 rings (SSSR count). The second kappa shape index (κ2) is 8.94. The number of benzene rings is 2. The molecule has 0 saturated carbocycles. The summed E-state index contributed by atoms with van der Waals surface area (Å²) < 4.78 is 89.4. The van der Waals surface area contributed by atoms with Crippen molar-refractivity contribution in [3.05, 3.63) is 59.8 Å².